The van der Waals surface area contributed by atoms with Crippen molar-refractivity contribution in [3.63, 3.8) is 0 Å². The Kier molecular flexibility index (Phi) is 4.34. The lowest BCUT2D eigenvalue weighted by molar-refractivity contribution is 0.0921. The SMILES string of the molecule is N#Cc1ccc(C(=O)COc2ccc(F)c(Cl)c2)cc1. The van der Waals surface area contributed by atoms with Crippen LogP contribution in [-0.4, -0.2) is 12.4 Å². The van der Waals surface area contributed by atoms with Gasteiger partial charge in [0.05, 0.1) is 16.7 Å². The zero-order valence-electron chi connectivity index (χ0n) is 10.3. The summed E-state index contributed by atoms with van der Waals surface area (Å²) in [5.74, 6) is -0.467. The maximum atomic E-state index is 13.0. The summed E-state index contributed by atoms with van der Waals surface area (Å²) in [4.78, 5) is 11.9. The van der Waals surface area contributed by atoms with E-state index in [2.05, 4.69) is 0 Å². The lowest BCUT2D eigenvalue weighted by Gasteiger charge is -2.06. The molecular weight excluding hydrogens is 281 g/mol. The third kappa shape index (κ3) is 3.34. The van der Waals surface area contributed by atoms with E-state index in [4.69, 9.17) is 21.6 Å². The highest BCUT2D eigenvalue weighted by molar-refractivity contribution is 6.30. The third-order valence-electron chi connectivity index (χ3n) is 2.60. The van der Waals surface area contributed by atoms with Gasteiger partial charge >= 0.3 is 0 Å². The lowest BCUT2D eigenvalue weighted by atomic mass is 10.1. The zero-order valence-corrected chi connectivity index (χ0v) is 11.0. The maximum absolute atomic E-state index is 13.0. The molecule has 0 heterocycles. The highest BCUT2D eigenvalue weighted by Gasteiger charge is 2.08. The summed E-state index contributed by atoms with van der Waals surface area (Å²) in [5.41, 5.74) is 0.921. The van der Waals surface area contributed by atoms with Gasteiger partial charge < -0.3 is 4.74 Å². The summed E-state index contributed by atoms with van der Waals surface area (Å²) in [6, 6.07) is 12.1. The molecule has 0 aromatic heterocycles. The molecule has 3 nitrogen and oxygen atoms in total. The number of hydrogen-bond donors (Lipinski definition) is 0. The van der Waals surface area contributed by atoms with Gasteiger partial charge in [0.1, 0.15) is 11.6 Å². The van der Waals surface area contributed by atoms with Gasteiger partial charge in [-0.15, -0.1) is 0 Å². The van der Waals surface area contributed by atoms with Crippen LogP contribution in [0.15, 0.2) is 42.5 Å². The van der Waals surface area contributed by atoms with Crippen molar-refractivity contribution in [1.29, 1.82) is 5.26 Å². The van der Waals surface area contributed by atoms with E-state index in [0.717, 1.165) is 0 Å². The Morgan fingerprint density at radius 2 is 1.95 bits per heavy atom. The number of ether oxygens (including phenoxy) is 1. The predicted octanol–water partition coefficient (Wildman–Crippen LogP) is 3.61. The fourth-order valence-electron chi connectivity index (χ4n) is 1.53. The second-order valence-corrected chi connectivity index (χ2v) is 4.38. The van der Waals surface area contributed by atoms with E-state index in [0.29, 0.717) is 16.9 Å². The molecule has 0 unspecified atom stereocenters. The predicted molar refractivity (Wildman–Crippen MR) is 72.4 cm³/mol. The van der Waals surface area contributed by atoms with Crippen LogP contribution in [0, 0.1) is 17.1 Å². The van der Waals surface area contributed by atoms with Crippen molar-refractivity contribution < 1.29 is 13.9 Å². The molecule has 0 atom stereocenters. The van der Waals surface area contributed by atoms with Crippen molar-refractivity contribution in [1.82, 2.24) is 0 Å². The first-order valence-corrected chi connectivity index (χ1v) is 6.09. The normalized spacial score (nSPS) is 9.85. The molecule has 0 saturated carbocycles. The number of rotatable bonds is 4. The molecule has 0 bridgehead atoms. The number of carbonyl (C=O) groups excluding carboxylic acids is 1. The Morgan fingerprint density at radius 3 is 2.55 bits per heavy atom. The molecule has 0 saturated heterocycles. The minimum Gasteiger partial charge on any atom is -0.485 e. The smallest absolute Gasteiger partial charge is 0.200 e. The largest absolute Gasteiger partial charge is 0.485 e. The molecule has 20 heavy (non-hydrogen) atoms. The number of nitrogens with zero attached hydrogens (tertiary/aromatic N) is 1. The molecule has 2 aromatic rings. The van der Waals surface area contributed by atoms with E-state index in [1.165, 1.54) is 18.2 Å². The summed E-state index contributed by atoms with van der Waals surface area (Å²) in [6.07, 6.45) is 0. The Hall–Kier alpha value is -2.38. The van der Waals surface area contributed by atoms with Crippen molar-refractivity contribution in [2.24, 2.45) is 0 Å². The fraction of sp³-hybridized carbons (Fsp3) is 0.0667. The van der Waals surface area contributed by atoms with Gasteiger partial charge in [-0.1, -0.05) is 11.6 Å². The van der Waals surface area contributed by atoms with Gasteiger partial charge in [0.15, 0.2) is 12.4 Å². The van der Waals surface area contributed by atoms with Gasteiger partial charge in [-0.05, 0) is 36.4 Å². The summed E-state index contributed by atoms with van der Waals surface area (Å²) in [5, 5.41) is 8.60. The van der Waals surface area contributed by atoms with Gasteiger partial charge in [0.2, 0.25) is 0 Å². The lowest BCUT2D eigenvalue weighted by Crippen LogP contribution is -2.11. The van der Waals surface area contributed by atoms with E-state index in [9.17, 15) is 9.18 Å². The first kappa shape index (κ1) is 14.0. The molecule has 5 heteroatoms. The standard InChI is InChI=1S/C15H9ClFNO2/c16-13-7-12(5-6-14(13)17)20-9-15(19)11-3-1-10(8-18)2-4-11/h1-7H,9H2. The number of Topliss-reactive ketones (excluding diaryl/α,β-unsaturated/α-hetero) is 1. The van der Waals surface area contributed by atoms with E-state index in [1.807, 2.05) is 6.07 Å². The number of nitriles is 1. The quantitative estimate of drug-likeness (QED) is 0.808. The topological polar surface area (TPSA) is 50.1 Å². The summed E-state index contributed by atoms with van der Waals surface area (Å²) in [7, 11) is 0. The molecule has 100 valence electrons. The molecule has 0 aliphatic rings. The molecule has 0 aliphatic heterocycles. The van der Waals surface area contributed by atoms with Crippen molar-refractivity contribution in [2.75, 3.05) is 6.61 Å². The average molecular weight is 290 g/mol. The second-order valence-electron chi connectivity index (χ2n) is 3.98. The van der Waals surface area contributed by atoms with Crippen LogP contribution in [0.25, 0.3) is 0 Å². The number of ketones is 1. The number of halogens is 2. The van der Waals surface area contributed by atoms with Crippen LogP contribution in [0.5, 0.6) is 5.75 Å². The highest BCUT2D eigenvalue weighted by atomic mass is 35.5. The Morgan fingerprint density at radius 1 is 1.25 bits per heavy atom. The molecule has 0 amide bonds. The molecule has 0 N–H and O–H groups in total. The first-order chi connectivity index (χ1) is 9.60. The van der Waals surface area contributed by atoms with Gasteiger partial charge in [-0.25, -0.2) is 4.39 Å². The van der Waals surface area contributed by atoms with Crippen LogP contribution in [0.4, 0.5) is 4.39 Å². The van der Waals surface area contributed by atoms with E-state index in [-0.39, 0.29) is 17.4 Å². The molecular formula is C15H9ClFNO2. The van der Waals surface area contributed by atoms with Crippen LogP contribution >= 0.6 is 11.6 Å². The van der Waals surface area contributed by atoms with Crippen LogP contribution in [0.3, 0.4) is 0 Å². The Labute approximate surface area is 120 Å². The zero-order chi connectivity index (χ0) is 14.5. The van der Waals surface area contributed by atoms with E-state index in [1.54, 1.807) is 24.3 Å². The summed E-state index contributed by atoms with van der Waals surface area (Å²) in [6.45, 7) is -0.187. The summed E-state index contributed by atoms with van der Waals surface area (Å²) >= 11 is 5.61. The second kappa shape index (κ2) is 6.18. The van der Waals surface area contributed by atoms with Crippen molar-refractivity contribution in [3.05, 3.63) is 64.4 Å². The van der Waals surface area contributed by atoms with Crippen LogP contribution in [-0.2, 0) is 0 Å². The molecule has 2 rings (SSSR count). The van der Waals surface area contributed by atoms with Crippen molar-refractivity contribution in [2.45, 2.75) is 0 Å². The number of benzene rings is 2. The molecule has 0 fully saturated rings. The number of hydrogen-bond acceptors (Lipinski definition) is 3. The monoisotopic (exact) mass is 289 g/mol. The van der Waals surface area contributed by atoms with E-state index < -0.39 is 5.82 Å². The van der Waals surface area contributed by atoms with Crippen LogP contribution in [0.1, 0.15) is 15.9 Å². The molecule has 0 spiro atoms. The van der Waals surface area contributed by atoms with Gasteiger partial charge in [-0.2, -0.15) is 5.26 Å². The Balaban J connectivity index is 2.01. The van der Waals surface area contributed by atoms with Crippen LogP contribution < -0.4 is 4.74 Å². The molecule has 2 aromatic carbocycles. The Bertz CT molecular complexity index is 677. The van der Waals surface area contributed by atoms with Gasteiger partial charge in [-0.3, -0.25) is 4.79 Å². The van der Waals surface area contributed by atoms with Crippen LogP contribution in [0.2, 0.25) is 5.02 Å². The highest BCUT2D eigenvalue weighted by Crippen LogP contribution is 2.21. The third-order valence-corrected chi connectivity index (χ3v) is 2.89. The van der Waals surface area contributed by atoms with Crippen molar-refractivity contribution >= 4 is 17.4 Å². The molecule has 0 radical (unpaired) electrons. The first-order valence-electron chi connectivity index (χ1n) is 5.71. The fourth-order valence-corrected chi connectivity index (χ4v) is 1.70. The van der Waals surface area contributed by atoms with Gasteiger partial charge in [0, 0.05) is 11.6 Å². The number of carbonyl (C=O) groups is 1. The maximum Gasteiger partial charge on any atom is 0.200 e. The van der Waals surface area contributed by atoms with E-state index >= 15 is 0 Å². The van der Waals surface area contributed by atoms with Crippen molar-refractivity contribution in [3.8, 4) is 11.8 Å². The minimum atomic E-state index is -0.544. The summed E-state index contributed by atoms with van der Waals surface area (Å²) < 4.78 is 18.2. The van der Waals surface area contributed by atoms with Gasteiger partial charge in [0.25, 0.3) is 0 Å². The average Bonchev–Trinajstić information content (AvgIpc) is 2.48. The molecule has 0 aliphatic carbocycles. The minimum absolute atomic E-state index is 0.0617.